The van der Waals surface area contributed by atoms with E-state index in [1.165, 1.54) is 10.0 Å². The molecular weight excluding hydrogens is 472 g/mol. The first kappa shape index (κ1) is 22.7. The van der Waals surface area contributed by atoms with E-state index in [1.807, 2.05) is 94.4 Å². The SMILES string of the molecule is CC1=NN(c2ccc(C)cc2)C(=O)[C@]12C(c1ccccc1Cl)[C@]21C(=O)N(c2ccc(C)cc2)N=C1C. The van der Waals surface area contributed by atoms with Crippen LogP contribution in [0.1, 0.15) is 36.5 Å². The minimum Gasteiger partial charge on any atom is -0.271 e. The van der Waals surface area contributed by atoms with Gasteiger partial charge in [0.25, 0.3) is 11.8 Å². The van der Waals surface area contributed by atoms with Gasteiger partial charge in [0, 0.05) is 10.9 Å². The molecule has 3 aromatic carbocycles. The van der Waals surface area contributed by atoms with E-state index in [4.69, 9.17) is 21.8 Å². The van der Waals surface area contributed by atoms with Crippen molar-refractivity contribution < 1.29 is 9.59 Å². The maximum atomic E-state index is 14.4. The third-order valence-electron chi connectivity index (χ3n) is 7.88. The molecule has 2 heterocycles. The van der Waals surface area contributed by atoms with Crippen LogP contribution in [-0.4, -0.2) is 23.2 Å². The smallest absolute Gasteiger partial charge is 0.261 e. The quantitative estimate of drug-likeness (QED) is 0.455. The lowest BCUT2D eigenvalue weighted by molar-refractivity contribution is -0.126. The number of carbonyl (C=O) groups excluding carboxylic acids is 2. The summed E-state index contributed by atoms with van der Waals surface area (Å²) in [7, 11) is 0. The predicted molar refractivity (Wildman–Crippen MR) is 143 cm³/mol. The number of hydrazone groups is 2. The van der Waals surface area contributed by atoms with E-state index < -0.39 is 16.7 Å². The first-order valence-electron chi connectivity index (χ1n) is 11.9. The van der Waals surface area contributed by atoms with Crippen molar-refractivity contribution in [2.75, 3.05) is 10.0 Å². The first-order valence-corrected chi connectivity index (χ1v) is 12.3. The Hall–Kier alpha value is -3.77. The monoisotopic (exact) mass is 496 g/mol. The molecule has 0 unspecified atom stereocenters. The molecule has 0 bridgehead atoms. The molecule has 3 aromatic rings. The molecule has 7 heteroatoms. The summed E-state index contributed by atoms with van der Waals surface area (Å²) in [5.41, 5.74) is 3.02. The molecular formula is C29H25ClN4O2. The Morgan fingerprint density at radius 2 is 1.08 bits per heavy atom. The van der Waals surface area contributed by atoms with Gasteiger partial charge in [-0.1, -0.05) is 65.2 Å². The van der Waals surface area contributed by atoms with Crippen molar-refractivity contribution in [1.29, 1.82) is 0 Å². The molecule has 1 fully saturated rings. The summed E-state index contributed by atoms with van der Waals surface area (Å²) in [5, 5.41) is 12.8. The van der Waals surface area contributed by atoms with Crippen LogP contribution in [0.4, 0.5) is 11.4 Å². The number of amides is 2. The predicted octanol–water partition coefficient (Wildman–Crippen LogP) is 5.87. The molecule has 0 radical (unpaired) electrons. The zero-order chi connectivity index (χ0) is 25.4. The van der Waals surface area contributed by atoms with Gasteiger partial charge in [0.2, 0.25) is 0 Å². The Kier molecular flexibility index (Phi) is 4.80. The van der Waals surface area contributed by atoms with Gasteiger partial charge in [0.05, 0.1) is 22.8 Å². The van der Waals surface area contributed by atoms with Gasteiger partial charge in [-0.2, -0.15) is 20.2 Å². The van der Waals surface area contributed by atoms with Crippen LogP contribution in [0.3, 0.4) is 0 Å². The van der Waals surface area contributed by atoms with Crippen LogP contribution in [0.25, 0.3) is 0 Å². The van der Waals surface area contributed by atoms with Crippen LogP contribution >= 0.6 is 11.6 Å². The number of hydrogen-bond acceptors (Lipinski definition) is 4. The second-order valence-corrected chi connectivity index (χ2v) is 10.3. The Bertz CT molecular complexity index is 1400. The second kappa shape index (κ2) is 7.61. The summed E-state index contributed by atoms with van der Waals surface area (Å²) in [5.74, 6) is -0.984. The number of nitrogens with zero attached hydrogens (tertiary/aromatic N) is 4. The third-order valence-corrected chi connectivity index (χ3v) is 8.22. The number of halogens is 1. The molecule has 6 rings (SSSR count). The Labute approximate surface area is 214 Å². The van der Waals surface area contributed by atoms with E-state index in [9.17, 15) is 9.59 Å². The minimum atomic E-state index is -1.20. The molecule has 180 valence electrons. The van der Waals surface area contributed by atoms with Crippen molar-refractivity contribution in [3.8, 4) is 0 Å². The van der Waals surface area contributed by atoms with Crippen molar-refractivity contribution in [3.63, 3.8) is 0 Å². The van der Waals surface area contributed by atoms with Gasteiger partial charge in [-0.05, 0) is 63.6 Å². The van der Waals surface area contributed by atoms with Gasteiger partial charge in [-0.15, -0.1) is 0 Å². The molecule has 2 aliphatic heterocycles. The van der Waals surface area contributed by atoms with E-state index in [0.29, 0.717) is 27.8 Å². The van der Waals surface area contributed by atoms with E-state index in [0.717, 1.165) is 16.7 Å². The van der Waals surface area contributed by atoms with Crippen molar-refractivity contribution in [3.05, 3.63) is 94.5 Å². The van der Waals surface area contributed by atoms with Crippen LogP contribution in [0.5, 0.6) is 0 Å². The largest absolute Gasteiger partial charge is 0.271 e. The lowest BCUT2D eigenvalue weighted by Crippen LogP contribution is -2.40. The van der Waals surface area contributed by atoms with Crippen molar-refractivity contribution >= 4 is 46.2 Å². The van der Waals surface area contributed by atoms with E-state index in [-0.39, 0.29) is 11.8 Å². The van der Waals surface area contributed by atoms with Gasteiger partial charge >= 0.3 is 0 Å². The lowest BCUT2D eigenvalue weighted by Gasteiger charge is -2.19. The highest BCUT2D eigenvalue weighted by Gasteiger charge is 2.91. The summed E-state index contributed by atoms with van der Waals surface area (Å²) in [6.07, 6.45) is 0. The average molecular weight is 497 g/mol. The van der Waals surface area contributed by atoms with E-state index in [2.05, 4.69) is 0 Å². The maximum Gasteiger partial charge on any atom is 0.261 e. The molecule has 2 amide bonds. The molecule has 36 heavy (non-hydrogen) atoms. The second-order valence-electron chi connectivity index (χ2n) is 9.85. The fourth-order valence-corrected chi connectivity index (χ4v) is 6.38. The molecule has 2 spiro atoms. The number of benzene rings is 3. The van der Waals surface area contributed by atoms with Crippen molar-refractivity contribution in [1.82, 2.24) is 0 Å². The molecule has 1 aliphatic carbocycles. The number of anilines is 2. The summed E-state index contributed by atoms with van der Waals surface area (Å²) in [4.78, 5) is 28.7. The topological polar surface area (TPSA) is 65.3 Å². The van der Waals surface area contributed by atoms with Crippen LogP contribution in [-0.2, 0) is 9.59 Å². The van der Waals surface area contributed by atoms with Gasteiger partial charge in [0.15, 0.2) is 0 Å². The molecule has 0 N–H and O–H groups in total. The summed E-state index contributed by atoms with van der Waals surface area (Å²) >= 11 is 6.69. The number of rotatable bonds is 3. The Morgan fingerprint density at radius 3 is 1.50 bits per heavy atom. The van der Waals surface area contributed by atoms with Crippen LogP contribution in [0, 0.1) is 24.7 Å². The van der Waals surface area contributed by atoms with Gasteiger partial charge < -0.3 is 0 Å². The average Bonchev–Trinajstić information content (AvgIpc) is 3.33. The van der Waals surface area contributed by atoms with Gasteiger partial charge in [0.1, 0.15) is 10.8 Å². The van der Waals surface area contributed by atoms with Gasteiger partial charge in [-0.25, -0.2) is 0 Å². The highest BCUT2D eigenvalue weighted by molar-refractivity contribution is 6.38. The molecule has 0 aromatic heterocycles. The number of hydrogen-bond donors (Lipinski definition) is 0. The zero-order valence-corrected chi connectivity index (χ0v) is 21.2. The summed E-state index contributed by atoms with van der Waals surface area (Å²) in [6, 6.07) is 22.7. The Balaban J connectivity index is 1.53. The minimum absolute atomic E-state index is 0.234. The van der Waals surface area contributed by atoms with E-state index >= 15 is 0 Å². The number of carbonyl (C=O) groups is 2. The number of aryl methyl sites for hydroxylation is 2. The lowest BCUT2D eigenvalue weighted by atomic mass is 9.85. The summed E-state index contributed by atoms with van der Waals surface area (Å²) in [6.45, 7) is 7.65. The van der Waals surface area contributed by atoms with Crippen LogP contribution < -0.4 is 10.0 Å². The zero-order valence-electron chi connectivity index (χ0n) is 20.5. The fraction of sp³-hybridized carbons (Fsp3) is 0.241. The normalized spacial score (nSPS) is 26.8. The summed E-state index contributed by atoms with van der Waals surface area (Å²) < 4.78 is 0. The molecule has 6 nitrogen and oxygen atoms in total. The van der Waals surface area contributed by atoms with Crippen molar-refractivity contribution in [2.45, 2.75) is 33.6 Å². The Morgan fingerprint density at radius 1 is 0.667 bits per heavy atom. The standard InChI is InChI=1S/C29H25ClN4O2/c1-17-9-13-21(14-10-17)33-26(35)28(19(3)31-33)25(23-7-5-6-8-24(23)30)29(28)20(4)32-34(27(29)36)22-15-11-18(2)12-16-22/h5-16,25H,1-4H3/t28-,29-/m1/s1. The fourth-order valence-electron chi connectivity index (χ4n) is 6.14. The maximum absolute atomic E-state index is 14.4. The van der Waals surface area contributed by atoms with Crippen molar-refractivity contribution in [2.24, 2.45) is 21.0 Å². The van der Waals surface area contributed by atoms with Crippen LogP contribution in [0.15, 0.2) is 83.0 Å². The molecule has 0 saturated heterocycles. The van der Waals surface area contributed by atoms with Crippen LogP contribution in [0.2, 0.25) is 5.02 Å². The third kappa shape index (κ3) is 2.68. The first-order chi connectivity index (χ1) is 17.2. The van der Waals surface area contributed by atoms with Gasteiger partial charge in [-0.3, -0.25) is 9.59 Å². The molecule has 3 aliphatic rings. The number of fused-ring (bicyclic) bond motifs is 1. The highest BCUT2D eigenvalue weighted by atomic mass is 35.5. The van der Waals surface area contributed by atoms with E-state index in [1.54, 1.807) is 6.07 Å². The highest BCUT2D eigenvalue weighted by Crippen LogP contribution is 2.79. The molecule has 2 atom stereocenters. The molecule has 1 saturated carbocycles.